The van der Waals surface area contributed by atoms with E-state index in [0.717, 1.165) is 0 Å². The molecule has 0 amide bonds. The van der Waals surface area contributed by atoms with Crippen LogP contribution >= 0.6 is 11.6 Å². The fraction of sp³-hybridized carbons (Fsp3) is 0.182. The molecular weight excluding hydrogens is 318 g/mol. The number of anilines is 1. The molecule has 0 atom stereocenters. The van der Waals surface area contributed by atoms with Gasteiger partial charge in [-0.2, -0.15) is 5.10 Å². The number of benzene rings is 1. The Morgan fingerprint density at radius 3 is 2.71 bits per heavy atom. The number of halogens is 1. The molecule has 8 nitrogen and oxygen atoms in total. The molecule has 0 saturated heterocycles. The van der Waals surface area contributed by atoms with Crippen LogP contribution in [0.25, 0.3) is 0 Å². The van der Waals surface area contributed by atoms with Crippen LogP contribution in [0.5, 0.6) is 5.75 Å². The van der Waals surface area contributed by atoms with Crippen molar-refractivity contribution in [3.63, 3.8) is 0 Å². The quantitative estimate of drug-likeness (QED) is 0.832. The molecule has 0 fully saturated rings. The highest BCUT2D eigenvalue weighted by atomic mass is 35.5. The van der Waals surface area contributed by atoms with Crippen molar-refractivity contribution in [3.8, 4) is 5.75 Å². The van der Waals surface area contributed by atoms with Crippen LogP contribution in [0.3, 0.4) is 0 Å². The first kappa shape index (κ1) is 15.4. The Morgan fingerprint density at radius 2 is 2.14 bits per heavy atom. The summed E-state index contributed by atoms with van der Waals surface area (Å²) >= 11 is 5.92. The van der Waals surface area contributed by atoms with Gasteiger partial charge in [-0.1, -0.05) is 11.6 Å². The molecule has 0 aliphatic heterocycles. The zero-order valence-corrected chi connectivity index (χ0v) is 12.5. The van der Waals surface area contributed by atoms with Crippen LogP contribution in [0.2, 0.25) is 5.02 Å². The summed E-state index contributed by atoms with van der Waals surface area (Å²) in [5.41, 5.74) is 6.04. The Hall–Kier alpha value is -1.97. The third-order valence-corrected chi connectivity index (χ3v) is 4.07. The van der Waals surface area contributed by atoms with Gasteiger partial charge < -0.3 is 10.5 Å². The lowest BCUT2D eigenvalue weighted by Crippen LogP contribution is -2.17. The molecule has 0 bridgehead atoms. The van der Waals surface area contributed by atoms with E-state index in [4.69, 9.17) is 22.1 Å². The molecule has 2 aromatic rings. The standard InChI is InChI=1S/C11H12ClN5O3S/c1-20-10-7(6-13)4-8(12)5-9(10)21(18,19)17-11-14-2-3-15-16-11/h2-5H,6,13H2,1H3,(H,14,16,17). The van der Waals surface area contributed by atoms with Gasteiger partial charge in [-0.15, -0.1) is 5.10 Å². The second-order valence-electron chi connectivity index (χ2n) is 3.87. The smallest absolute Gasteiger partial charge is 0.268 e. The Kier molecular flexibility index (Phi) is 4.56. The van der Waals surface area contributed by atoms with Crippen LogP contribution in [0.15, 0.2) is 29.4 Å². The summed E-state index contributed by atoms with van der Waals surface area (Å²) in [4.78, 5) is 3.60. The molecule has 112 valence electrons. The second-order valence-corrected chi connectivity index (χ2v) is 5.96. The van der Waals surface area contributed by atoms with Gasteiger partial charge in [0.15, 0.2) is 0 Å². The summed E-state index contributed by atoms with van der Waals surface area (Å²) in [7, 11) is -2.64. The number of hydrogen-bond acceptors (Lipinski definition) is 7. The number of nitrogens with one attached hydrogen (secondary N) is 1. The summed E-state index contributed by atoms with van der Waals surface area (Å²) in [6, 6.07) is 2.80. The number of nitrogens with two attached hydrogens (primary N) is 1. The van der Waals surface area contributed by atoms with Gasteiger partial charge in [0.1, 0.15) is 10.6 Å². The van der Waals surface area contributed by atoms with E-state index in [2.05, 4.69) is 19.9 Å². The van der Waals surface area contributed by atoms with Gasteiger partial charge >= 0.3 is 0 Å². The van der Waals surface area contributed by atoms with Crippen molar-refractivity contribution < 1.29 is 13.2 Å². The van der Waals surface area contributed by atoms with E-state index in [9.17, 15) is 8.42 Å². The van der Waals surface area contributed by atoms with Gasteiger partial charge in [-0.3, -0.25) is 0 Å². The Labute approximate surface area is 126 Å². The first-order valence-corrected chi connectivity index (χ1v) is 7.57. The van der Waals surface area contributed by atoms with Gasteiger partial charge in [0.25, 0.3) is 16.0 Å². The molecule has 0 spiro atoms. The number of aromatic nitrogens is 3. The van der Waals surface area contributed by atoms with E-state index in [-0.39, 0.29) is 28.2 Å². The summed E-state index contributed by atoms with van der Waals surface area (Å²) in [6.07, 6.45) is 2.63. The maximum atomic E-state index is 12.4. The van der Waals surface area contributed by atoms with Crippen LogP contribution < -0.4 is 15.2 Å². The largest absolute Gasteiger partial charge is 0.495 e. The van der Waals surface area contributed by atoms with E-state index in [1.165, 1.54) is 25.6 Å². The minimum absolute atomic E-state index is 0.0790. The minimum atomic E-state index is -3.99. The van der Waals surface area contributed by atoms with Crippen molar-refractivity contribution in [2.75, 3.05) is 11.8 Å². The van der Waals surface area contributed by atoms with Crippen molar-refractivity contribution in [1.82, 2.24) is 15.2 Å². The fourth-order valence-corrected chi connectivity index (χ4v) is 3.17. The Balaban J connectivity index is 2.51. The molecule has 10 heteroatoms. The SMILES string of the molecule is COc1c(CN)cc(Cl)cc1S(=O)(=O)Nc1nccnn1. The van der Waals surface area contributed by atoms with Gasteiger partial charge in [0.05, 0.1) is 19.5 Å². The van der Waals surface area contributed by atoms with Crippen LogP contribution in [-0.2, 0) is 16.6 Å². The lowest BCUT2D eigenvalue weighted by molar-refractivity contribution is 0.398. The predicted molar refractivity (Wildman–Crippen MR) is 76.5 cm³/mol. The molecule has 1 aromatic heterocycles. The highest BCUT2D eigenvalue weighted by Gasteiger charge is 2.23. The molecular formula is C11H12ClN5O3S. The molecule has 0 aliphatic carbocycles. The fourth-order valence-electron chi connectivity index (χ4n) is 1.68. The highest BCUT2D eigenvalue weighted by Crippen LogP contribution is 2.32. The van der Waals surface area contributed by atoms with Crippen LogP contribution in [0, 0.1) is 0 Å². The number of ether oxygens (including phenoxy) is 1. The number of methoxy groups -OCH3 is 1. The zero-order chi connectivity index (χ0) is 15.5. The first-order valence-electron chi connectivity index (χ1n) is 5.71. The molecule has 1 heterocycles. The van der Waals surface area contributed by atoms with Gasteiger partial charge in [0.2, 0.25) is 0 Å². The molecule has 0 aliphatic rings. The Morgan fingerprint density at radius 1 is 1.38 bits per heavy atom. The first-order chi connectivity index (χ1) is 9.97. The van der Waals surface area contributed by atoms with Crippen LogP contribution in [0.4, 0.5) is 5.95 Å². The van der Waals surface area contributed by atoms with Crippen molar-refractivity contribution in [3.05, 3.63) is 35.1 Å². The topological polar surface area (TPSA) is 120 Å². The summed E-state index contributed by atoms with van der Waals surface area (Å²) in [6.45, 7) is 0.0790. The summed E-state index contributed by atoms with van der Waals surface area (Å²) in [5, 5.41) is 7.33. The van der Waals surface area contributed by atoms with Crippen LogP contribution in [0.1, 0.15) is 5.56 Å². The van der Waals surface area contributed by atoms with Gasteiger partial charge in [-0.25, -0.2) is 18.1 Å². The lowest BCUT2D eigenvalue weighted by Gasteiger charge is -2.14. The number of rotatable bonds is 5. The third-order valence-electron chi connectivity index (χ3n) is 2.52. The molecule has 0 radical (unpaired) electrons. The maximum Gasteiger partial charge on any atom is 0.268 e. The molecule has 3 N–H and O–H groups in total. The van der Waals surface area contributed by atoms with Crippen molar-refractivity contribution in [2.24, 2.45) is 5.73 Å². The molecule has 2 rings (SSSR count). The molecule has 21 heavy (non-hydrogen) atoms. The third kappa shape index (κ3) is 3.38. The van der Waals surface area contributed by atoms with Crippen molar-refractivity contribution >= 4 is 27.6 Å². The summed E-state index contributed by atoms with van der Waals surface area (Å²) < 4.78 is 32.1. The summed E-state index contributed by atoms with van der Waals surface area (Å²) in [5.74, 6) is -0.0351. The second kappa shape index (κ2) is 6.20. The maximum absolute atomic E-state index is 12.4. The number of sulfonamides is 1. The van der Waals surface area contributed by atoms with Crippen molar-refractivity contribution in [1.29, 1.82) is 0 Å². The average molecular weight is 330 g/mol. The lowest BCUT2D eigenvalue weighted by atomic mass is 10.2. The monoisotopic (exact) mass is 329 g/mol. The zero-order valence-electron chi connectivity index (χ0n) is 10.9. The van der Waals surface area contributed by atoms with E-state index < -0.39 is 10.0 Å². The molecule has 0 saturated carbocycles. The number of hydrogen-bond donors (Lipinski definition) is 2. The normalized spacial score (nSPS) is 11.2. The van der Waals surface area contributed by atoms with E-state index >= 15 is 0 Å². The van der Waals surface area contributed by atoms with Crippen molar-refractivity contribution in [2.45, 2.75) is 11.4 Å². The van der Waals surface area contributed by atoms with E-state index in [0.29, 0.717) is 5.56 Å². The van der Waals surface area contributed by atoms with Gasteiger partial charge in [0, 0.05) is 17.1 Å². The van der Waals surface area contributed by atoms with E-state index in [1.807, 2.05) is 0 Å². The van der Waals surface area contributed by atoms with Gasteiger partial charge in [-0.05, 0) is 12.1 Å². The van der Waals surface area contributed by atoms with E-state index in [1.54, 1.807) is 6.07 Å². The number of nitrogens with zero attached hydrogens (tertiary/aromatic N) is 3. The molecule has 1 aromatic carbocycles. The Bertz CT molecular complexity index is 739. The predicted octanol–water partition coefficient (Wildman–Crippen LogP) is 0.793. The highest BCUT2D eigenvalue weighted by molar-refractivity contribution is 7.92. The van der Waals surface area contributed by atoms with Crippen LogP contribution in [-0.4, -0.2) is 30.7 Å². The average Bonchev–Trinajstić information content (AvgIpc) is 2.46. The molecule has 0 unspecified atom stereocenters. The minimum Gasteiger partial charge on any atom is -0.495 e.